The van der Waals surface area contributed by atoms with Crippen LogP contribution in [0.25, 0.3) is 0 Å². The van der Waals surface area contributed by atoms with Crippen molar-refractivity contribution in [1.29, 1.82) is 0 Å². The zero-order valence-corrected chi connectivity index (χ0v) is 11.4. The predicted octanol–water partition coefficient (Wildman–Crippen LogP) is 2.09. The van der Waals surface area contributed by atoms with Gasteiger partial charge in [0.15, 0.2) is 0 Å². The molecule has 0 aromatic carbocycles. The molecule has 1 amide bonds. The lowest BCUT2D eigenvalue weighted by atomic mass is 9.85. The standard InChI is InChI=1S/C12H24N2O.ClH/c1-9-5-4-6-10(7-9)14-8-12(2,3)11(13)15;/h9-10,14H,4-8H2,1-3H3,(H2,13,15);1H. The first-order chi connectivity index (χ1) is 6.92. The number of halogens is 1. The predicted molar refractivity (Wildman–Crippen MR) is 69.6 cm³/mol. The van der Waals surface area contributed by atoms with Crippen molar-refractivity contribution < 1.29 is 4.79 Å². The molecular formula is C12H25ClN2O. The van der Waals surface area contributed by atoms with Crippen LogP contribution in [0.3, 0.4) is 0 Å². The number of nitrogens with two attached hydrogens (primary N) is 1. The fourth-order valence-electron chi connectivity index (χ4n) is 2.11. The zero-order chi connectivity index (χ0) is 11.5. The average Bonchev–Trinajstić information content (AvgIpc) is 2.15. The minimum absolute atomic E-state index is 0. The van der Waals surface area contributed by atoms with Gasteiger partial charge in [-0.1, -0.05) is 19.8 Å². The first kappa shape index (κ1) is 15.7. The maximum Gasteiger partial charge on any atom is 0.224 e. The molecule has 2 unspecified atom stereocenters. The van der Waals surface area contributed by atoms with E-state index in [1.165, 1.54) is 25.7 Å². The topological polar surface area (TPSA) is 55.1 Å². The minimum atomic E-state index is -0.430. The largest absolute Gasteiger partial charge is 0.369 e. The number of nitrogens with one attached hydrogen (secondary N) is 1. The number of primary amides is 1. The van der Waals surface area contributed by atoms with Crippen LogP contribution in [0.1, 0.15) is 46.5 Å². The Bertz CT molecular complexity index is 231. The molecule has 0 spiro atoms. The Morgan fingerprint density at radius 3 is 2.56 bits per heavy atom. The second kappa shape index (κ2) is 6.45. The van der Waals surface area contributed by atoms with Crippen LogP contribution in [0.4, 0.5) is 0 Å². The lowest BCUT2D eigenvalue weighted by Crippen LogP contribution is -2.45. The number of amides is 1. The highest BCUT2D eigenvalue weighted by Crippen LogP contribution is 2.24. The van der Waals surface area contributed by atoms with E-state index in [0.717, 1.165) is 5.92 Å². The fraction of sp³-hybridized carbons (Fsp3) is 0.917. The number of carbonyl (C=O) groups is 1. The molecule has 0 aliphatic heterocycles. The van der Waals surface area contributed by atoms with Gasteiger partial charge >= 0.3 is 0 Å². The van der Waals surface area contributed by atoms with Crippen LogP contribution in [0.5, 0.6) is 0 Å². The third-order valence-corrected chi connectivity index (χ3v) is 3.44. The van der Waals surface area contributed by atoms with Crippen molar-refractivity contribution in [2.24, 2.45) is 17.1 Å². The van der Waals surface area contributed by atoms with E-state index in [-0.39, 0.29) is 18.3 Å². The van der Waals surface area contributed by atoms with Crippen LogP contribution in [-0.2, 0) is 4.79 Å². The van der Waals surface area contributed by atoms with Crippen molar-refractivity contribution in [1.82, 2.24) is 5.32 Å². The first-order valence-electron chi connectivity index (χ1n) is 5.95. The quantitative estimate of drug-likeness (QED) is 0.801. The molecule has 0 bridgehead atoms. The van der Waals surface area contributed by atoms with Crippen molar-refractivity contribution in [2.75, 3.05) is 6.54 Å². The van der Waals surface area contributed by atoms with Crippen molar-refractivity contribution >= 4 is 18.3 Å². The van der Waals surface area contributed by atoms with Crippen LogP contribution in [0.2, 0.25) is 0 Å². The Balaban J connectivity index is 0.00000225. The van der Waals surface area contributed by atoms with Crippen LogP contribution in [0.15, 0.2) is 0 Å². The van der Waals surface area contributed by atoms with Gasteiger partial charge in [0.1, 0.15) is 0 Å². The number of hydrogen-bond acceptors (Lipinski definition) is 2. The SMILES string of the molecule is CC1CCCC(NCC(C)(C)C(N)=O)C1.Cl. The van der Waals surface area contributed by atoms with Gasteiger partial charge in [-0.25, -0.2) is 0 Å². The summed E-state index contributed by atoms with van der Waals surface area (Å²) < 4.78 is 0. The van der Waals surface area contributed by atoms with Gasteiger partial charge in [0, 0.05) is 12.6 Å². The Hall–Kier alpha value is -0.280. The number of hydrogen-bond donors (Lipinski definition) is 2. The molecule has 2 atom stereocenters. The summed E-state index contributed by atoms with van der Waals surface area (Å²) in [6.07, 6.45) is 5.11. The monoisotopic (exact) mass is 248 g/mol. The van der Waals surface area contributed by atoms with E-state index in [9.17, 15) is 4.79 Å². The molecule has 0 aromatic heterocycles. The maximum absolute atomic E-state index is 11.1. The normalized spacial score (nSPS) is 25.9. The molecule has 0 saturated heterocycles. The zero-order valence-electron chi connectivity index (χ0n) is 10.6. The van der Waals surface area contributed by atoms with Gasteiger partial charge in [-0.15, -0.1) is 12.4 Å². The highest BCUT2D eigenvalue weighted by molar-refractivity contribution is 5.85. The second-order valence-electron chi connectivity index (χ2n) is 5.60. The van der Waals surface area contributed by atoms with Crippen LogP contribution >= 0.6 is 12.4 Å². The molecule has 1 saturated carbocycles. The van der Waals surface area contributed by atoms with Gasteiger partial charge in [-0.05, 0) is 32.6 Å². The molecule has 4 heteroatoms. The van der Waals surface area contributed by atoms with Gasteiger partial charge in [0.05, 0.1) is 5.41 Å². The van der Waals surface area contributed by atoms with E-state index < -0.39 is 5.41 Å². The van der Waals surface area contributed by atoms with Crippen molar-refractivity contribution in [3.05, 3.63) is 0 Å². The van der Waals surface area contributed by atoms with Gasteiger partial charge in [-0.3, -0.25) is 4.79 Å². The van der Waals surface area contributed by atoms with E-state index in [4.69, 9.17) is 5.73 Å². The van der Waals surface area contributed by atoms with Crippen LogP contribution < -0.4 is 11.1 Å². The minimum Gasteiger partial charge on any atom is -0.369 e. The van der Waals surface area contributed by atoms with E-state index in [2.05, 4.69) is 12.2 Å². The second-order valence-corrected chi connectivity index (χ2v) is 5.60. The molecule has 1 rings (SSSR count). The van der Waals surface area contributed by atoms with Crippen molar-refractivity contribution in [2.45, 2.75) is 52.5 Å². The summed E-state index contributed by atoms with van der Waals surface area (Å²) in [6.45, 7) is 6.79. The van der Waals surface area contributed by atoms with Gasteiger partial charge < -0.3 is 11.1 Å². The molecule has 3 nitrogen and oxygen atoms in total. The molecular weight excluding hydrogens is 224 g/mol. The van der Waals surface area contributed by atoms with Crippen molar-refractivity contribution in [3.63, 3.8) is 0 Å². The highest BCUT2D eigenvalue weighted by atomic mass is 35.5. The van der Waals surface area contributed by atoms with E-state index in [0.29, 0.717) is 12.6 Å². The summed E-state index contributed by atoms with van der Waals surface area (Å²) in [5, 5.41) is 3.47. The summed E-state index contributed by atoms with van der Waals surface area (Å²) in [5.41, 5.74) is 4.90. The Morgan fingerprint density at radius 1 is 1.44 bits per heavy atom. The molecule has 0 heterocycles. The molecule has 0 radical (unpaired) electrons. The maximum atomic E-state index is 11.1. The number of carbonyl (C=O) groups excluding carboxylic acids is 1. The van der Waals surface area contributed by atoms with Gasteiger partial charge in [-0.2, -0.15) is 0 Å². The Morgan fingerprint density at radius 2 is 2.06 bits per heavy atom. The van der Waals surface area contributed by atoms with E-state index in [1.807, 2.05) is 13.8 Å². The summed E-state index contributed by atoms with van der Waals surface area (Å²) in [6, 6.07) is 0.576. The molecule has 1 fully saturated rings. The Labute approximate surface area is 105 Å². The van der Waals surface area contributed by atoms with Gasteiger partial charge in [0.2, 0.25) is 5.91 Å². The lowest BCUT2D eigenvalue weighted by molar-refractivity contribution is -0.125. The molecule has 96 valence electrons. The third kappa shape index (κ3) is 4.71. The smallest absolute Gasteiger partial charge is 0.224 e. The summed E-state index contributed by atoms with van der Waals surface area (Å²) >= 11 is 0. The van der Waals surface area contributed by atoms with E-state index in [1.54, 1.807) is 0 Å². The summed E-state index contributed by atoms with van der Waals surface area (Å²) in [4.78, 5) is 11.1. The fourth-order valence-corrected chi connectivity index (χ4v) is 2.11. The van der Waals surface area contributed by atoms with Crippen LogP contribution in [0, 0.1) is 11.3 Å². The molecule has 0 aromatic rings. The first-order valence-corrected chi connectivity index (χ1v) is 5.95. The Kier molecular flexibility index (Phi) is 6.34. The lowest BCUT2D eigenvalue weighted by Gasteiger charge is -2.30. The summed E-state index contributed by atoms with van der Waals surface area (Å²) in [7, 11) is 0. The van der Waals surface area contributed by atoms with E-state index >= 15 is 0 Å². The molecule has 1 aliphatic carbocycles. The van der Waals surface area contributed by atoms with Crippen molar-refractivity contribution in [3.8, 4) is 0 Å². The molecule has 1 aliphatic rings. The average molecular weight is 249 g/mol. The third-order valence-electron chi connectivity index (χ3n) is 3.44. The molecule has 3 N–H and O–H groups in total. The van der Waals surface area contributed by atoms with Crippen LogP contribution in [-0.4, -0.2) is 18.5 Å². The number of rotatable bonds is 4. The molecule has 16 heavy (non-hydrogen) atoms. The summed E-state index contributed by atoms with van der Waals surface area (Å²) in [5.74, 6) is 0.590. The van der Waals surface area contributed by atoms with Gasteiger partial charge in [0.25, 0.3) is 0 Å². The highest BCUT2D eigenvalue weighted by Gasteiger charge is 2.27.